The smallest absolute Gasteiger partial charge is 0.409 e. The number of methoxy groups -OCH3 is 1. The Labute approximate surface area is 67.6 Å². The van der Waals surface area contributed by atoms with Crippen LogP contribution in [0.5, 0.6) is 0 Å². The number of nitrogens with zero attached hydrogens (tertiary/aromatic N) is 1. The molecule has 1 amide bonds. The monoisotopic (exact) mass is 157 g/mol. The molecule has 0 aromatic heterocycles. The van der Waals surface area contributed by atoms with Crippen molar-refractivity contribution in [2.24, 2.45) is 0 Å². The molecule has 0 aromatic carbocycles. The van der Waals surface area contributed by atoms with Crippen LogP contribution in [0.15, 0.2) is 11.6 Å². The summed E-state index contributed by atoms with van der Waals surface area (Å²) < 4.78 is 4.50. The van der Waals surface area contributed by atoms with Gasteiger partial charge in [-0.1, -0.05) is 11.6 Å². The van der Waals surface area contributed by atoms with Gasteiger partial charge in [0.05, 0.1) is 7.11 Å². The molecule has 0 unspecified atom stereocenters. The van der Waals surface area contributed by atoms with E-state index in [1.165, 1.54) is 17.6 Å². The first-order chi connectivity index (χ1) is 5.07. The number of hydrogen-bond acceptors (Lipinski definition) is 2. The molecule has 0 N–H and O–H groups in total. The van der Waals surface area contributed by atoms with Crippen LogP contribution in [0.3, 0.4) is 0 Å². The van der Waals surface area contributed by atoms with E-state index < -0.39 is 0 Å². The molecule has 0 aliphatic carbocycles. The average Bonchev–Trinajstić information content (AvgIpc) is 1.98. The van der Waals surface area contributed by atoms with Gasteiger partial charge in [0, 0.05) is 13.6 Å². The summed E-state index contributed by atoms with van der Waals surface area (Å²) in [6.07, 6.45) is 1.67. The van der Waals surface area contributed by atoms with Crippen molar-refractivity contribution in [2.75, 3.05) is 20.7 Å². The fourth-order valence-corrected chi connectivity index (χ4v) is 0.550. The second-order valence-electron chi connectivity index (χ2n) is 2.63. The van der Waals surface area contributed by atoms with Gasteiger partial charge < -0.3 is 9.64 Å². The van der Waals surface area contributed by atoms with Gasteiger partial charge in [-0.2, -0.15) is 0 Å². The average molecular weight is 157 g/mol. The molecule has 11 heavy (non-hydrogen) atoms. The molecule has 0 heterocycles. The number of carbonyl (C=O) groups is 1. The van der Waals surface area contributed by atoms with E-state index in [1.54, 1.807) is 7.05 Å². The van der Waals surface area contributed by atoms with Gasteiger partial charge in [0.1, 0.15) is 0 Å². The molecule has 3 nitrogen and oxygen atoms in total. The maximum absolute atomic E-state index is 10.8. The van der Waals surface area contributed by atoms with Crippen LogP contribution in [-0.2, 0) is 4.74 Å². The van der Waals surface area contributed by atoms with Gasteiger partial charge in [-0.15, -0.1) is 0 Å². The van der Waals surface area contributed by atoms with E-state index in [1.807, 2.05) is 19.9 Å². The molecule has 0 saturated carbocycles. The number of rotatable bonds is 2. The van der Waals surface area contributed by atoms with Crippen molar-refractivity contribution in [3.63, 3.8) is 0 Å². The molecule has 0 atom stereocenters. The minimum atomic E-state index is -0.303. The lowest BCUT2D eigenvalue weighted by Crippen LogP contribution is -2.26. The minimum absolute atomic E-state index is 0.303. The van der Waals surface area contributed by atoms with E-state index in [0.29, 0.717) is 6.54 Å². The van der Waals surface area contributed by atoms with Crippen LogP contribution >= 0.6 is 0 Å². The summed E-state index contributed by atoms with van der Waals surface area (Å²) in [6.45, 7) is 4.59. The normalized spacial score (nSPS) is 8.73. The molecule has 0 radical (unpaired) electrons. The molecule has 64 valence electrons. The third kappa shape index (κ3) is 4.42. The summed E-state index contributed by atoms with van der Waals surface area (Å²) in [5, 5.41) is 0. The Morgan fingerprint density at radius 3 is 2.45 bits per heavy atom. The Balaban J connectivity index is 3.78. The SMILES string of the molecule is COC(=O)N(C)CC=C(C)C. The molecule has 0 aliphatic heterocycles. The predicted octanol–water partition coefficient (Wildman–Crippen LogP) is 1.65. The third-order valence-electron chi connectivity index (χ3n) is 1.26. The quantitative estimate of drug-likeness (QED) is 0.570. The van der Waals surface area contributed by atoms with Crippen LogP contribution in [0, 0.1) is 0 Å². The van der Waals surface area contributed by atoms with Crippen molar-refractivity contribution in [3.05, 3.63) is 11.6 Å². The zero-order valence-corrected chi connectivity index (χ0v) is 7.55. The first-order valence-corrected chi connectivity index (χ1v) is 3.50. The zero-order valence-electron chi connectivity index (χ0n) is 7.55. The molecule has 0 bridgehead atoms. The predicted molar refractivity (Wildman–Crippen MR) is 44.5 cm³/mol. The standard InChI is InChI=1S/C8H15NO2/c1-7(2)5-6-9(3)8(10)11-4/h5H,6H2,1-4H3. The highest BCUT2D eigenvalue weighted by molar-refractivity contribution is 5.67. The molecular formula is C8H15NO2. The molecular weight excluding hydrogens is 142 g/mol. The Hall–Kier alpha value is -0.990. The number of allylic oxidation sites excluding steroid dienone is 1. The molecule has 0 fully saturated rings. The summed E-state index contributed by atoms with van der Waals surface area (Å²) in [6, 6.07) is 0. The van der Waals surface area contributed by atoms with E-state index in [0.717, 1.165) is 0 Å². The largest absolute Gasteiger partial charge is 0.453 e. The fraction of sp³-hybridized carbons (Fsp3) is 0.625. The van der Waals surface area contributed by atoms with Gasteiger partial charge >= 0.3 is 6.09 Å². The maximum atomic E-state index is 10.8. The molecule has 3 heteroatoms. The summed E-state index contributed by atoms with van der Waals surface area (Å²) in [7, 11) is 3.08. The maximum Gasteiger partial charge on any atom is 0.409 e. The Bertz CT molecular complexity index is 159. The third-order valence-corrected chi connectivity index (χ3v) is 1.26. The van der Waals surface area contributed by atoms with E-state index >= 15 is 0 Å². The summed E-state index contributed by atoms with van der Waals surface area (Å²) in [5.41, 5.74) is 1.20. The summed E-state index contributed by atoms with van der Waals surface area (Å²) >= 11 is 0. The van der Waals surface area contributed by atoms with Gasteiger partial charge in [0.25, 0.3) is 0 Å². The lowest BCUT2D eigenvalue weighted by molar-refractivity contribution is 0.137. The van der Waals surface area contributed by atoms with Crippen molar-refractivity contribution in [1.29, 1.82) is 0 Å². The Kier molecular flexibility index (Phi) is 4.34. The van der Waals surface area contributed by atoms with Crippen LogP contribution < -0.4 is 0 Å². The van der Waals surface area contributed by atoms with Crippen molar-refractivity contribution in [3.8, 4) is 0 Å². The number of carbonyl (C=O) groups excluding carboxylic acids is 1. The van der Waals surface area contributed by atoms with Crippen LogP contribution in [0.4, 0.5) is 4.79 Å². The second kappa shape index (κ2) is 4.77. The van der Waals surface area contributed by atoms with Crippen molar-refractivity contribution in [2.45, 2.75) is 13.8 Å². The van der Waals surface area contributed by atoms with Gasteiger partial charge in [-0.3, -0.25) is 0 Å². The second-order valence-corrected chi connectivity index (χ2v) is 2.63. The van der Waals surface area contributed by atoms with Gasteiger partial charge in [0.15, 0.2) is 0 Å². The molecule has 0 aliphatic rings. The van der Waals surface area contributed by atoms with E-state index in [9.17, 15) is 4.79 Å². The van der Waals surface area contributed by atoms with Crippen molar-refractivity contribution in [1.82, 2.24) is 4.90 Å². The van der Waals surface area contributed by atoms with Crippen molar-refractivity contribution < 1.29 is 9.53 Å². The topological polar surface area (TPSA) is 29.5 Å². The lowest BCUT2D eigenvalue weighted by atomic mass is 10.3. The molecule has 0 rings (SSSR count). The summed E-state index contributed by atoms with van der Waals surface area (Å²) in [4.78, 5) is 12.3. The minimum Gasteiger partial charge on any atom is -0.453 e. The van der Waals surface area contributed by atoms with E-state index in [4.69, 9.17) is 0 Å². The number of amides is 1. The number of likely N-dealkylation sites (N-methyl/N-ethyl adjacent to an activating group) is 1. The highest BCUT2D eigenvalue weighted by Gasteiger charge is 2.04. The Morgan fingerprint density at radius 2 is 2.09 bits per heavy atom. The summed E-state index contributed by atoms with van der Waals surface area (Å²) in [5.74, 6) is 0. The number of hydrogen-bond donors (Lipinski definition) is 0. The first-order valence-electron chi connectivity index (χ1n) is 3.50. The van der Waals surface area contributed by atoms with Gasteiger partial charge in [-0.05, 0) is 13.8 Å². The molecule has 0 aromatic rings. The zero-order chi connectivity index (χ0) is 8.85. The molecule has 0 saturated heterocycles. The van der Waals surface area contributed by atoms with Crippen molar-refractivity contribution >= 4 is 6.09 Å². The van der Waals surface area contributed by atoms with Gasteiger partial charge in [-0.25, -0.2) is 4.79 Å². The highest BCUT2D eigenvalue weighted by atomic mass is 16.5. The fourth-order valence-electron chi connectivity index (χ4n) is 0.550. The molecule has 0 spiro atoms. The Morgan fingerprint density at radius 1 is 1.55 bits per heavy atom. The van der Waals surface area contributed by atoms with E-state index in [-0.39, 0.29) is 6.09 Å². The van der Waals surface area contributed by atoms with E-state index in [2.05, 4.69) is 4.74 Å². The highest BCUT2D eigenvalue weighted by Crippen LogP contribution is 1.92. The number of ether oxygens (including phenoxy) is 1. The van der Waals surface area contributed by atoms with Crippen LogP contribution in [0.25, 0.3) is 0 Å². The van der Waals surface area contributed by atoms with Crippen LogP contribution in [0.1, 0.15) is 13.8 Å². The lowest BCUT2D eigenvalue weighted by Gasteiger charge is -2.12. The van der Waals surface area contributed by atoms with Crippen LogP contribution in [0.2, 0.25) is 0 Å². The van der Waals surface area contributed by atoms with Crippen LogP contribution in [-0.4, -0.2) is 31.7 Å². The van der Waals surface area contributed by atoms with Gasteiger partial charge in [0.2, 0.25) is 0 Å². The first kappa shape index (κ1) is 10.0.